The minimum absolute atomic E-state index is 0.525. The minimum Gasteiger partial charge on any atom is -0.383 e. The highest BCUT2D eigenvalue weighted by molar-refractivity contribution is 5.54. The lowest BCUT2D eigenvalue weighted by atomic mass is 10.1. The van der Waals surface area contributed by atoms with Crippen LogP contribution in [0, 0.1) is 0 Å². The summed E-state index contributed by atoms with van der Waals surface area (Å²) in [5.74, 6) is 0. The van der Waals surface area contributed by atoms with Gasteiger partial charge < -0.3 is 15.0 Å². The van der Waals surface area contributed by atoms with E-state index >= 15 is 0 Å². The number of para-hydroxylation sites is 1. The summed E-state index contributed by atoms with van der Waals surface area (Å²) in [7, 11) is 1.77. The smallest absolute Gasteiger partial charge is 0.0637 e. The highest BCUT2D eigenvalue weighted by Gasteiger charge is 2.15. The summed E-state index contributed by atoms with van der Waals surface area (Å²) in [4.78, 5) is 2.46. The van der Waals surface area contributed by atoms with Gasteiger partial charge in [-0.1, -0.05) is 32.0 Å². The third-order valence-corrected chi connectivity index (χ3v) is 3.70. The van der Waals surface area contributed by atoms with Crippen molar-refractivity contribution >= 4 is 5.69 Å². The van der Waals surface area contributed by atoms with Gasteiger partial charge in [0.25, 0.3) is 0 Å². The number of nitrogens with zero attached hydrogens (tertiary/aromatic N) is 1. The van der Waals surface area contributed by atoms with Gasteiger partial charge in [0.05, 0.1) is 6.61 Å². The van der Waals surface area contributed by atoms with Gasteiger partial charge >= 0.3 is 0 Å². The molecule has 0 heterocycles. The van der Waals surface area contributed by atoms with E-state index < -0.39 is 0 Å². The molecule has 1 N–H and O–H groups in total. The van der Waals surface area contributed by atoms with Gasteiger partial charge in [0, 0.05) is 31.9 Å². The Morgan fingerprint density at radius 2 is 2.00 bits per heavy atom. The van der Waals surface area contributed by atoms with Crippen LogP contribution in [0.3, 0.4) is 0 Å². The number of benzene rings is 1. The Bertz CT molecular complexity index is 368. The maximum atomic E-state index is 5.27. The van der Waals surface area contributed by atoms with Gasteiger partial charge in [-0.3, -0.25) is 0 Å². The molecule has 1 rings (SSSR count). The molecular formula is C17H30N2O. The molecule has 1 aromatic carbocycles. The van der Waals surface area contributed by atoms with Crippen LogP contribution in [0.4, 0.5) is 5.69 Å². The molecule has 20 heavy (non-hydrogen) atoms. The van der Waals surface area contributed by atoms with Crippen molar-refractivity contribution in [1.29, 1.82) is 0 Å². The summed E-state index contributed by atoms with van der Waals surface area (Å²) in [6.45, 7) is 10.4. The van der Waals surface area contributed by atoms with E-state index in [1.807, 2.05) is 0 Å². The Balaban J connectivity index is 2.87. The number of hydrogen-bond donors (Lipinski definition) is 1. The van der Waals surface area contributed by atoms with Crippen LogP contribution >= 0.6 is 0 Å². The number of rotatable bonds is 10. The summed E-state index contributed by atoms with van der Waals surface area (Å²) in [5, 5.41) is 3.50. The molecule has 1 aromatic rings. The number of hydrogen-bond acceptors (Lipinski definition) is 3. The van der Waals surface area contributed by atoms with Crippen LogP contribution in [0.1, 0.15) is 39.2 Å². The van der Waals surface area contributed by atoms with E-state index in [0.29, 0.717) is 6.04 Å². The van der Waals surface area contributed by atoms with E-state index in [2.05, 4.69) is 55.3 Å². The lowest BCUT2D eigenvalue weighted by Gasteiger charge is -2.32. The Morgan fingerprint density at radius 1 is 1.25 bits per heavy atom. The Morgan fingerprint density at radius 3 is 2.65 bits per heavy atom. The second-order valence-corrected chi connectivity index (χ2v) is 5.25. The van der Waals surface area contributed by atoms with Crippen molar-refractivity contribution in [3.63, 3.8) is 0 Å². The number of nitrogens with one attached hydrogen (secondary N) is 1. The van der Waals surface area contributed by atoms with Crippen LogP contribution in [0.5, 0.6) is 0 Å². The number of ether oxygens (including phenoxy) is 1. The zero-order valence-electron chi connectivity index (χ0n) is 13.5. The fourth-order valence-corrected chi connectivity index (χ4v) is 2.33. The molecule has 0 aliphatic rings. The zero-order valence-corrected chi connectivity index (χ0v) is 13.5. The molecule has 0 aromatic heterocycles. The Hall–Kier alpha value is -1.06. The van der Waals surface area contributed by atoms with Gasteiger partial charge in [-0.2, -0.15) is 0 Å². The molecular weight excluding hydrogens is 248 g/mol. The predicted molar refractivity (Wildman–Crippen MR) is 87.4 cm³/mol. The van der Waals surface area contributed by atoms with Crippen LogP contribution in [-0.4, -0.2) is 32.8 Å². The molecule has 0 radical (unpaired) electrons. The number of methoxy groups -OCH3 is 1. The molecule has 0 amide bonds. The summed E-state index contributed by atoms with van der Waals surface area (Å²) in [6, 6.07) is 9.22. The normalized spacial score (nSPS) is 12.4. The second-order valence-electron chi connectivity index (χ2n) is 5.25. The molecule has 0 fully saturated rings. The molecule has 0 aliphatic heterocycles. The maximum absolute atomic E-state index is 5.27. The first-order valence-electron chi connectivity index (χ1n) is 7.78. The first kappa shape index (κ1) is 17.0. The quantitative estimate of drug-likeness (QED) is 0.664. The van der Waals surface area contributed by atoms with Crippen molar-refractivity contribution in [2.24, 2.45) is 0 Å². The fraction of sp³-hybridized carbons (Fsp3) is 0.647. The van der Waals surface area contributed by atoms with Gasteiger partial charge in [0.15, 0.2) is 0 Å². The van der Waals surface area contributed by atoms with Crippen LogP contribution in [0.15, 0.2) is 24.3 Å². The van der Waals surface area contributed by atoms with Gasteiger partial charge in [0.2, 0.25) is 0 Å². The molecule has 0 bridgehead atoms. The molecule has 1 unspecified atom stereocenters. The zero-order chi connectivity index (χ0) is 14.8. The van der Waals surface area contributed by atoms with Crippen molar-refractivity contribution < 1.29 is 4.74 Å². The van der Waals surface area contributed by atoms with Crippen LogP contribution in [-0.2, 0) is 11.3 Å². The summed E-state index contributed by atoms with van der Waals surface area (Å²) in [6.07, 6.45) is 2.31. The minimum atomic E-state index is 0.525. The fourth-order valence-electron chi connectivity index (χ4n) is 2.33. The summed E-state index contributed by atoms with van der Waals surface area (Å²) in [5.41, 5.74) is 2.71. The van der Waals surface area contributed by atoms with Crippen molar-refractivity contribution in [3.05, 3.63) is 29.8 Å². The van der Waals surface area contributed by atoms with Gasteiger partial charge in [-0.05, 0) is 37.9 Å². The Kier molecular flexibility index (Phi) is 8.31. The van der Waals surface area contributed by atoms with Crippen molar-refractivity contribution in [2.45, 2.75) is 46.2 Å². The Labute approximate surface area is 124 Å². The molecule has 0 aliphatic carbocycles. The van der Waals surface area contributed by atoms with E-state index in [0.717, 1.165) is 32.7 Å². The molecule has 3 nitrogen and oxygen atoms in total. The molecule has 0 saturated heterocycles. The third-order valence-electron chi connectivity index (χ3n) is 3.70. The summed E-state index contributed by atoms with van der Waals surface area (Å²) < 4.78 is 5.27. The molecule has 0 saturated carbocycles. The third kappa shape index (κ3) is 5.14. The van der Waals surface area contributed by atoms with Crippen LogP contribution < -0.4 is 10.2 Å². The first-order valence-corrected chi connectivity index (χ1v) is 7.78. The van der Waals surface area contributed by atoms with E-state index in [9.17, 15) is 0 Å². The predicted octanol–water partition coefficient (Wildman–Crippen LogP) is 3.44. The maximum Gasteiger partial charge on any atom is 0.0637 e. The highest BCUT2D eigenvalue weighted by atomic mass is 16.5. The van der Waals surface area contributed by atoms with Crippen molar-refractivity contribution in [1.82, 2.24) is 5.32 Å². The first-order chi connectivity index (χ1) is 9.74. The lowest BCUT2D eigenvalue weighted by molar-refractivity contribution is 0.203. The average Bonchev–Trinajstić information content (AvgIpc) is 2.49. The van der Waals surface area contributed by atoms with Gasteiger partial charge in [-0.25, -0.2) is 0 Å². The molecule has 1 atom stereocenters. The van der Waals surface area contributed by atoms with Crippen LogP contribution in [0.25, 0.3) is 0 Å². The van der Waals surface area contributed by atoms with E-state index in [-0.39, 0.29) is 0 Å². The SMILES string of the molecule is CCCNCc1ccccc1N(CCOC)C(C)CC. The summed E-state index contributed by atoms with van der Waals surface area (Å²) >= 11 is 0. The lowest BCUT2D eigenvalue weighted by Crippen LogP contribution is -2.36. The van der Waals surface area contributed by atoms with E-state index in [1.165, 1.54) is 17.7 Å². The standard InChI is InChI=1S/C17H30N2O/c1-5-11-18-14-16-9-7-8-10-17(16)19(12-13-20-4)15(3)6-2/h7-10,15,18H,5-6,11-14H2,1-4H3. The van der Waals surface area contributed by atoms with E-state index in [1.54, 1.807) is 7.11 Å². The van der Waals surface area contributed by atoms with Crippen LogP contribution in [0.2, 0.25) is 0 Å². The molecule has 114 valence electrons. The largest absolute Gasteiger partial charge is 0.383 e. The van der Waals surface area contributed by atoms with Crippen molar-refractivity contribution in [3.8, 4) is 0 Å². The monoisotopic (exact) mass is 278 g/mol. The van der Waals surface area contributed by atoms with Gasteiger partial charge in [-0.15, -0.1) is 0 Å². The van der Waals surface area contributed by atoms with Crippen molar-refractivity contribution in [2.75, 3.05) is 31.7 Å². The van der Waals surface area contributed by atoms with E-state index in [4.69, 9.17) is 4.74 Å². The number of anilines is 1. The topological polar surface area (TPSA) is 24.5 Å². The average molecular weight is 278 g/mol. The molecule has 3 heteroatoms. The van der Waals surface area contributed by atoms with Gasteiger partial charge in [0.1, 0.15) is 0 Å². The second kappa shape index (κ2) is 9.78. The molecule has 0 spiro atoms. The highest BCUT2D eigenvalue weighted by Crippen LogP contribution is 2.23.